The number of likely N-dealkylation sites (tertiary alicyclic amines) is 1. The number of anilines is 1. The molecule has 1 aliphatic heterocycles. The summed E-state index contributed by atoms with van der Waals surface area (Å²) in [7, 11) is 4.97. The molecule has 2 aromatic rings. The van der Waals surface area contributed by atoms with Crippen molar-refractivity contribution in [2.24, 2.45) is 0 Å². The number of rotatable bonds is 8. The van der Waals surface area contributed by atoms with Crippen molar-refractivity contribution in [3.8, 4) is 0 Å². The predicted molar refractivity (Wildman–Crippen MR) is 109 cm³/mol. The second kappa shape index (κ2) is 9.47. The lowest BCUT2D eigenvalue weighted by Gasteiger charge is -2.19. The Morgan fingerprint density at radius 2 is 2.07 bits per heavy atom. The Labute approximate surface area is 170 Å². The van der Waals surface area contributed by atoms with Crippen LogP contribution in [0.5, 0.6) is 0 Å². The third-order valence-electron chi connectivity index (χ3n) is 4.97. The highest BCUT2D eigenvalue weighted by atomic mass is 16.5. The normalized spacial score (nSPS) is 16.2. The van der Waals surface area contributed by atoms with Gasteiger partial charge in [0.25, 0.3) is 0 Å². The van der Waals surface area contributed by atoms with E-state index in [1.54, 1.807) is 14.1 Å². The molecule has 0 spiro atoms. The van der Waals surface area contributed by atoms with E-state index in [-0.39, 0.29) is 30.9 Å². The maximum Gasteiger partial charge on any atom is 0.248 e. The van der Waals surface area contributed by atoms with Crippen LogP contribution in [-0.2, 0) is 27.4 Å². The van der Waals surface area contributed by atoms with E-state index in [1.165, 1.54) is 12.0 Å². The fraction of sp³-hybridized carbons (Fsp3) is 0.429. The van der Waals surface area contributed by atoms with Gasteiger partial charge in [-0.05, 0) is 5.56 Å². The Bertz CT molecular complexity index is 859. The first-order valence-corrected chi connectivity index (χ1v) is 9.60. The standard InChI is InChI=1S/C21H27N5O3/c1-22-18-10-17(23-19(24-18)13-25(2)21(28)14-29-3)16-9-20(27)26(12-16)11-15-7-5-4-6-8-15/h4-8,10,16H,9,11-14H2,1-3H3,(H,22,23,24)/t16-/m1/s1. The van der Waals surface area contributed by atoms with E-state index in [9.17, 15) is 9.59 Å². The highest BCUT2D eigenvalue weighted by molar-refractivity contribution is 5.79. The van der Waals surface area contributed by atoms with Crippen LogP contribution in [0.1, 0.15) is 29.4 Å². The molecule has 1 fully saturated rings. The number of hydrogen-bond donors (Lipinski definition) is 1. The predicted octanol–water partition coefficient (Wildman–Crippen LogP) is 1.64. The fourth-order valence-corrected chi connectivity index (χ4v) is 3.39. The van der Waals surface area contributed by atoms with Gasteiger partial charge in [0.2, 0.25) is 11.8 Å². The molecule has 154 valence electrons. The summed E-state index contributed by atoms with van der Waals surface area (Å²) >= 11 is 0. The summed E-state index contributed by atoms with van der Waals surface area (Å²) in [5.41, 5.74) is 1.93. The largest absolute Gasteiger partial charge is 0.375 e. The van der Waals surface area contributed by atoms with Crippen LogP contribution in [0, 0.1) is 0 Å². The molecule has 29 heavy (non-hydrogen) atoms. The summed E-state index contributed by atoms with van der Waals surface area (Å²) in [5.74, 6) is 1.19. The number of nitrogens with one attached hydrogen (secondary N) is 1. The monoisotopic (exact) mass is 397 g/mol. The van der Waals surface area contributed by atoms with Crippen LogP contribution in [0.25, 0.3) is 0 Å². The van der Waals surface area contributed by atoms with Gasteiger partial charge in [-0.3, -0.25) is 9.59 Å². The molecular weight excluding hydrogens is 370 g/mol. The second-order valence-corrected chi connectivity index (χ2v) is 7.19. The van der Waals surface area contributed by atoms with Crippen LogP contribution in [0.15, 0.2) is 36.4 Å². The minimum atomic E-state index is -0.141. The van der Waals surface area contributed by atoms with Gasteiger partial charge in [-0.25, -0.2) is 9.97 Å². The van der Waals surface area contributed by atoms with Gasteiger partial charge in [0, 0.05) is 52.7 Å². The SMILES string of the molecule is CNc1cc([C@@H]2CC(=O)N(Cc3ccccc3)C2)nc(CN(C)C(=O)COC)n1. The third kappa shape index (κ3) is 5.29. The molecule has 2 amide bonds. The van der Waals surface area contributed by atoms with E-state index in [2.05, 4.69) is 15.3 Å². The molecule has 1 aromatic carbocycles. The lowest BCUT2D eigenvalue weighted by atomic mass is 10.0. The van der Waals surface area contributed by atoms with Gasteiger partial charge >= 0.3 is 0 Å². The van der Waals surface area contributed by atoms with Crippen LogP contribution in [-0.4, -0.2) is 65.9 Å². The Kier molecular flexibility index (Phi) is 6.77. The number of nitrogens with zero attached hydrogens (tertiary/aromatic N) is 4. The highest BCUT2D eigenvalue weighted by Crippen LogP contribution is 2.29. The molecule has 8 heteroatoms. The molecule has 1 saturated heterocycles. The molecule has 0 unspecified atom stereocenters. The van der Waals surface area contributed by atoms with Gasteiger partial charge in [-0.2, -0.15) is 0 Å². The summed E-state index contributed by atoms with van der Waals surface area (Å²) in [6.07, 6.45) is 0.422. The van der Waals surface area contributed by atoms with E-state index < -0.39 is 0 Å². The first kappa shape index (κ1) is 20.7. The molecule has 0 aliphatic carbocycles. The molecule has 0 bridgehead atoms. The molecule has 1 aliphatic rings. The zero-order chi connectivity index (χ0) is 20.8. The van der Waals surface area contributed by atoms with Gasteiger partial charge in [0.1, 0.15) is 18.2 Å². The number of amides is 2. The first-order chi connectivity index (χ1) is 14.0. The van der Waals surface area contributed by atoms with Crippen molar-refractivity contribution in [2.45, 2.75) is 25.4 Å². The van der Waals surface area contributed by atoms with E-state index in [0.717, 1.165) is 11.3 Å². The maximum absolute atomic E-state index is 12.5. The quantitative estimate of drug-likeness (QED) is 0.729. The van der Waals surface area contributed by atoms with Gasteiger partial charge < -0.3 is 19.9 Å². The number of hydrogen-bond acceptors (Lipinski definition) is 6. The smallest absolute Gasteiger partial charge is 0.248 e. The van der Waals surface area contributed by atoms with Crippen molar-refractivity contribution in [3.05, 3.63) is 53.5 Å². The lowest BCUT2D eigenvalue weighted by Crippen LogP contribution is -2.30. The molecule has 2 heterocycles. The number of ether oxygens (including phenoxy) is 1. The van der Waals surface area contributed by atoms with Crippen LogP contribution < -0.4 is 5.32 Å². The lowest BCUT2D eigenvalue weighted by molar-refractivity contribution is -0.134. The highest BCUT2D eigenvalue weighted by Gasteiger charge is 2.32. The second-order valence-electron chi connectivity index (χ2n) is 7.19. The van der Waals surface area contributed by atoms with Crippen LogP contribution in [0.4, 0.5) is 5.82 Å². The Hall–Kier alpha value is -3.00. The summed E-state index contributed by atoms with van der Waals surface area (Å²) < 4.78 is 4.90. The van der Waals surface area contributed by atoms with Gasteiger partial charge in [-0.15, -0.1) is 0 Å². The maximum atomic E-state index is 12.5. The Morgan fingerprint density at radius 1 is 1.31 bits per heavy atom. The Balaban J connectivity index is 1.74. The minimum Gasteiger partial charge on any atom is -0.375 e. The van der Waals surface area contributed by atoms with Crippen LogP contribution in [0.2, 0.25) is 0 Å². The van der Waals surface area contributed by atoms with Crippen LogP contribution >= 0.6 is 0 Å². The number of carbonyl (C=O) groups excluding carboxylic acids is 2. The molecular formula is C21H27N5O3. The number of methoxy groups -OCH3 is 1. The van der Waals surface area contributed by atoms with Crippen molar-refractivity contribution in [1.29, 1.82) is 0 Å². The molecule has 1 atom stereocenters. The van der Waals surface area contributed by atoms with Crippen LogP contribution in [0.3, 0.4) is 0 Å². The number of benzene rings is 1. The molecule has 8 nitrogen and oxygen atoms in total. The molecule has 1 N–H and O–H groups in total. The zero-order valence-electron chi connectivity index (χ0n) is 17.1. The van der Waals surface area contributed by atoms with Crippen molar-refractivity contribution in [1.82, 2.24) is 19.8 Å². The topological polar surface area (TPSA) is 87.7 Å². The summed E-state index contributed by atoms with van der Waals surface area (Å²) in [6.45, 7) is 1.51. The minimum absolute atomic E-state index is 0.0000417. The summed E-state index contributed by atoms with van der Waals surface area (Å²) in [6, 6.07) is 11.8. The van der Waals surface area contributed by atoms with E-state index in [0.29, 0.717) is 31.2 Å². The average Bonchev–Trinajstić information content (AvgIpc) is 3.09. The van der Waals surface area contributed by atoms with Gasteiger partial charge in [0.05, 0.1) is 12.2 Å². The van der Waals surface area contributed by atoms with Crippen molar-refractivity contribution in [3.63, 3.8) is 0 Å². The van der Waals surface area contributed by atoms with Crippen molar-refractivity contribution < 1.29 is 14.3 Å². The average molecular weight is 397 g/mol. The number of likely N-dealkylation sites (N-methyl/N-ethyl adjacent to an activating group) is 1. The first-order valence-electron chi connectivity index (χ1n) is 9.60. The zero-order valence-corrected chi connectivity index (χ0v) is 17.1. The van der Waals surface area contributed by atoms with Crippen molar-refractivity contribution >= 4 is 17.6 Å². The van der Waals surface area contributed by atoms with Gasteiger partial charge in [0.15, 0.2) is 0 Å². The Morgan fingerprint density at radius 3 is 2.76 bits per heavy atom. The fourth-order valence-electron chi connectivity index (χ4n) is 3.39. The number of carbonyl (C=O) groups is 2. The van der Waals surface area contributed by atoms with E-state index in [1.807, 2.05) is 41.3 Å². The van der Waals surface area contributed by atoms with E-state index in [4.69, 9.17) is 4.74 Å². The molecule has 1 aromatic heterocycles. The summed E-state index contributed by atoms with van der Waals surface area (Å²) in [4.78, 5) is 37.0. The van der Waals surface area contributed by atoms with Gasteiger partial charge in [-0.1, -0.05) is 30.3 Å². The number of aromatic nitrogens is 2. The molecule has 0 saturated carbocycles. The molecule has 3 rings (SSSR count). The molecule has 0 radical (unpaired) electrons. The van der Waals surface area contributed by atoms with Crippen molar-refractivity contribution in [2.75, 3.05) is 39.7 Å². The third-order valence-corrected chi connectivity index (χ3v) is 4.97. The van der Waals surface area contributed by atoms with E-state index >= 15 is 0 Å². The summed E-state index contributed by atoms with van der Waals surface area (Å²) in [5, 5.41) is 3.04.